The van der Waals surface area contributed by atoms with E-state index >= 15 is 0 Å². The molecule has 2 amide bonds. The number of rotatable bonds is 1. The first-order chi connectivity index (χ1) is 4.04. The summed E-state index contributed by atoms with van der Waals surface area (Å²) in [6.45, 7) is 5.71. The zero-order valence-corrected chi connectivity index (χ0v) is 6.01. The van der Waals surface area contributed by atoms with Gasteiger partial charge < -0.3 is 5.73 Å². The third kappa shape index (κ3) is 3.70. The fourth-order valence-corrected chi connectivity index (χ4v) is 0.303. The molecule has 0 aromatic rings. The Morgan fingerprint density at radius 1 is 1.56 bits per heavy atom. The Morgan fingerprint density at radius 2 is 2.00 bits per heavy atom. The molecule has 0 aromatic heterocycles. The highest BCUT2D eigenvalue weighted by Gasteiger charge is 1.97. The second kappa shape index (κ2) is 3.22. The van der Waals surface area contributed by atoms with Crippen LogP contribution in [0.1, 0.15) is 20.8 Å². The monoisotopic (exact) mass is 128 g/mol. The molecule has 0 aliphatic rings. The van der Waals surface area contributed by atoms with Crippen molar-refractivity contribution in [1.82, 2.24) is 0 Å². The molecule has 0 aliphatic carbocycles. The average molecular weight is 128 g/mol. The molecule has 3 nitrogen and oxygen atoms in total. The van der Waals surface area contributed by atoms with Gasteiger partial charge in [0.1, 0.15) is 0 Å². The van der Waals surface area contributed by atoms with Crippen LogP contribution in [-0.4, -0.2) is 11.7 Å². The molecular weight excluding hydrogens is 116 g/mol. The van der Waals surface area contributed by atoms with Gasteiger partial charge in [-0.25, -0.2) is 9.79 Å². The van der Waals surface area contributed by atoms with Gasteiger partial charge in [0, 0.05) is 5.71 Å². The number of nitrogens with two attached hydrogens (primary N) is 1. The molecule has 9 heavy (non-hydrogen) atoms. The van der Waals surface area contributed by atoms with E-state index in [1.165, 1.54) is 0 Å². The van der Waals surface area contributed by atoms with Gasteiger partial charge in [-0.3, -0.25) is 0 Å². The van der Waals surface area contributed by atoms with Crippen LogP contribution in [0.2, 0.25) is 0 Å². The molecule has 0 saturated heterocycles. The van der Waals surface area contributed by atoms with Crippen LogP contribution in [0.3, 0.4) is 0 Å². The lowest BCUT2D eigenvalue weighted by atomic mass is 10.1. The third-order valence-corrected chi connectivity index (χ3v) is 1.12. The molecule has 0 aromatic carbocycles. The lowest BCUT2D eigenvalue weighted by molar-refractivity contribution is 0.256. The Kier molecular flexibility index (Phi) is 2.91. The summed E-state index contributed by atoms with van der Waals surface area (Å²) in [5, 5.41) is 0. The summed E-state index contributed by atoms with van der Waals surface area (Å²) in [5.74, 6) is 0.303. The Bertz CT molecular complexity index is 138. The van der Waals surface area contributed by atoms with Crippen molar-refractivity contribution in [2.45, 2.75) is 20.8 Å². The fourth-order valence-electron chi connectivity index (χ4n) is 0.303. The predicted molar refractivity (Wildman–Crippen MR) is 37.5 cm³/mol. The van der Waals surface area contributed by atoms with Gasteiger partial charge >= 0.3 is 6.03 Å². The predicted octanol–water partition coefficient (Wildman–Crippen LogP) is 1.18. The van der Waals surface area contributed by atoms with Gasteiger partial charge in [-0.2, -0.15) is 0 Å². The third-order valence-electron chi connectivity index (χ3n) is 1.12. The molecule has 0 spiro atoms. The highest BCUT2D eigenvalue weighted by atomic mass is 16.2. The van der Waals surface area contributed by atoms with E-state index in [0.717, 1.165) is 5.71 Å². The molecule has 0 heterocycles. The smallest absolute Gasteiger partial charge is 0.338 e. The van der Waals surface area contributed by atoms with E-state index in [2.05, 4.69) is 4.99 Å². The summed E-state index contributed by atoms with van der Waals surface area (Å²) < 4.78 is 0. The second-order valence-electron chi connectivity index (χ2n) is 2.25. The summed E-state index contributed by atoms with van der Waals surface area (Å²) in [4.78, 5) is 13.7. The Hall–Kier alpha value is -0.860. The molecule has 0 aliphatic heterocycles. The molecule has 0 rings (SSSR count). The minimum atomic E-state index is -0.610. The number of aliphatic imine (C=N–C) groups is 1. The van der Waals surface area contributed by atoms with Crippen molar-refractivity contribution >= 4 is 11.7 Å². The maximum atomic E-state index is 10.1. The van der Waals surface area contributed by atoms with Crippen LogP contribution in [0.25, 0.3) is 0 Å². The molecule has 0 atom stereocenters. The first-order valence-electron chi connectivity index (χ1n) is 2.88. The van der Waals surface area contributed by atoms with Gasteiger partial charge in [0.2, 0.25) is 0 Å². The number of carbonyl (C=O) groups excluding carboxylic acids is 1. The van der Waals surface area contributed by atoms with Gasteiger partial charge in [0.05, 0.1) is 0 Å². The van der Waals surface area contributed by atoms with Crippen molar-refractivity contribution < 1.29 is 4.79 Å². The van der Waals surface area contributed by atoms with Crippen molar-refractivity contribution in [2.24, 2.45) is 16.6 Å². The zero-order valence-electron chi connectivity index (χ0n) is 6.01. The largest absolute Gasteiger partial charge is 0.350 e. The Morgan fingerprint density at radius 3 is 2.11 bits per heavy atom. The quantitative estimate of drug-likeness (QED) is 0.530. The fraction of sp³-hybridized carbons (Fsp3) is 0.667. The molecule has 0 fully saturated rings. The van der Waals surface area contributed by atoms with Crippen molar-refractivity contribution in [1.29, 1.82) is 0 Å². The molecule has 52 valence electrons. The topological polar surface area (TPSA) is 55.4 Å². The van der Waals surface area contributed by atoms with Gasteiger partial charge in [-0.1, -0.05) is 13.8 Å². The number of carbonyl (C=O) groups is 1. The van der Waals surface area contributed by atoms with Crippen LogP contribution in [0.4, 0.5) is 4.79 Å². The van der Waals surface area contributed by atoms with E-state index in [1.54, 1.807) is 6.92 Å². The molecule has 0 unspecified atom stereocenters. The minimum Gasteiger partial charge on any atom is -0.350 e. The molecular formula is C6H12N2O. The molecule has 0 saturated carbocycles. The zero-order chi connectivity index (χ0) is 7.44. The van der Waals surface area contributed by atoms with Crippen LogP contribution >= 0.6 is 0 Å². The van der Waals surface area contributed by atoms with E-state index in [9.17, 15) is 4.79 Å². The van der Waals surface area contributed by atoms with Gasteiger partial charge in [0.25, 0.3) is 0 Å². The van der Waals surface area contributed by atoms with E-state index in [1.807, 2.05) is 13.8 Å². The van der Waals surface area contributed by atoms with Crippen LogP contribution in [0.5, 0.6) is 0 Å². The molecule has 0 bridgehead atoms. The lowest BCUT2D eigenvalue weighted by Crippen LogP contribution is -2.10. The number of hydrogen-bond acceptors (Lipinski definition) is 1. The molecule has 3 heteroatoms. The van der Waals surface area contributed by atoms with Gasteiger partial charge in [0.15, 0.2) is 0 Å². The SMILES string of the molecule is CC(=NC(N)=O)C(C)C. The van der Waals surface area contributed by atoms with Crippen molar-refractivity contribution in [2.75, 3.05) is 0 Å². The Balaban J connectivity index is 4.00. The summed E-state index contributed by atoms with van der Waals surface area (Å²) in [6.07, 6.45) is 0. The molecule has 0 radical (unpaired) electrons. The van der Waals surface area contributed by atoms with Gasteiger partial charge in [-0.15, -0.1) is 0 Å². The lowest BCUT2D eigenvalue weighted by Gasteiger charge is -1.99. The number of amides is 2. The van der Waals surface area contributed by atoms with Crippen molar-refractivity contribution in [3.8, 4) is 0 Å². The van der Waals surface area contributed by atoms with E-state index in [4.69, 9.17) is 5.73 Å². The van der Waals surface area contributed by atoms with Crippen LogP contribution in [0, 0.1) is 5.92 Å². The van der Waals surface area contributed by atoms with Crippen molar-refractivity contribution in [3.63, 3.8) is 0 Å². The summed E-state index contributed by atoms with van der Waals surface area (Å²) in [6, 6.07) is -0.610. The minimum absolute atomic E-state index is 0.303. The van der Waals surface area contributed by atoms with Gasteiger partial charge in [-0.05, 0) is 12.8 Å². The highest BCUT2D eigenvalue weighted by Crippen LogP contribution is 1.94. The number of primary amides is 1. The highest BCUT2D eigenvalue weighted by molar-refractivity contribution is 5.93. The standard InChI is InChI=1S/C6H12N2O/c1-4(2)5(3)8-6(7)9/h4H,1-3H3,(H2,7,9). The normalized spacial score (nSPS) is 12.2. The first-order valence-corrected chi connectivity index (χ1v) is 2.88. The Labute approximate surface area is 55.0 Å². The van der Waals surface area contributed by atoms with Crippen LogP contribution in [0.15, 0.2) is 4.99 Å². The number of hydrogen-bond donors (Lipinski definition) is 1. The first kappa shape index (κ1) is 8.14. The van der Waals surface area contributed by atoms with E-state index < -0.39 is 6.03 Å². The second-order valence-corrected chi connectivity index (χ2v) is 2.25. The summed E-state index contributed by atoms with van der Waals surface area (Å²) >= 11 is 0. The maximum absolute atomic E-state index is 10.1. The number of nitrogens with zero attached hydrogens (tertiary/aromatic N) is 1. The summed E-state index contributed by atoms with van der Waals surface area (Å²) in [7, 11) is 0. The van der Waals surface area contributed by atoms with E-state index in [-0.39, 0.29) is 0 Å². The number of urea groups is 1. The van der Waals surface area contributed by atoms with Crippen LogP contribution in [-0.2, 0) is 0 Å². The van der Waals surface area contributed by atoms with E-state index in [0.29, 0.717) is 5.92 Å². The summed E-state index contributed by atoms with van der Waals surface area (Å²) in [5.41, 5.74) is 5.58. The maximum Gasteiger partial charge on any atom is 0.338 e. The molecule has 2 N–H and O–H groups in total. The van der Waals surface area contributed by atoms with Crippen molar-refractivity contribution in [3.05, 3.63) is 0 Å². The van der Waals surface area contributed by atoms with Crippen LogP contribution < -0.4 is 5.73 Å². The average Bonchev–Trinajstić information content (AvgIpc) is 1.63.